The average molecular weight is 534 g/mol. The Labute approximate surface area is 236 Å². The SMILES string of the molecule is Cc1ccc(C(=O)NCCCC=C(C(=O)OCc2ccccc2)c2ccc(OCc3ccccc3)cc2)cc1C. The van der Waals surface area contributed by atoms with Crippen LogP contribution >= 0.6 is 0 Å². The van der Waals surface area contributed by atoms with E-state index < -0.39 is 0 Å². The van der Waals surface area contributed by atoms with E-state index in [9.17, 15) is 9.59 Å². The van der Waals surface area contributed by atoms with Crippen LogP contribution < -0.4 is 10.1 Å². The number of carbonyl (C=O) groups excluding carboxylic acids is 2. The van der Waals surface area contributed by atoms with Gasteiger partial charge in [-0.2, -0.15) is 0 Å². The fourth-order valence-electron chi connectivity index (χ4n) is 4.13. The van der Waals surface area contributed by atoms with Crippen molar-refractivity contribution in [3.05, 3.63) is 143 Å². The number of hydrogen-bond acceptors (Lipinski definition) is 4. The molecule has 0 aliphatic rings. The number of aryl methyl sites for hydroxylation is 2. The summed E-state index contributed by atoms with van der Waals surface area (Å²) in [6.07, 6.45) is 3.18. The van der Waals surface area contributed by atoms with Crippen LogP contribution in [-0.2, 0) is 22.7 Å². The van der Waals surface area contributed by atoms with Crippen molar-refractivity contribution in [3.63, 3.8) is 0 Å². The van der Waals surface area contributed by atoms with Crippen molar-refractivity contribution in [2.45, 2.75) is 39.9 Å². The summed E-state index contributed by atoms with van der Waals surface area (Å²) in [6.45, 7) is 5.19. The summed E-state index contributed by atoms with van der Waals surface area (Å²) in [6, 6.07) is 32.7. The summed E-state index contributed by atoms with van der Waals surface area (Å²) in [5.74, 6) is 0.236. The molecule has 0 aromatic heterocycles. The number of esters is 1. The Hall–Kier alpha value is -4.64. The molecule has 1 N–H and O–H groups in total. The molecule has 1 amide bonds. The fourth-order valence-corrected chi connectivity index (χ4v) is 4.13. The van der Waals surface area contributed by atoms with Crippen LogP contribution in [0.2, 0.25) is 0 Å². The predicted molar refractivity (Wildman–Crippen MR) is 159 cm³/mol. The third-order valence-electron chi connectivity index (χ3n) is 6.63. The van der Waals surface area contributed by atoms with E-state index >= 15 is 0 Å². The number of allylic oxidation sites excluding steroid dienone is 1. The first-order valence-corrected chi connectivity index (χ1v) is 13.5. The molecule has 0 bridgehead atoms. The molecule has 204 valence electrons. The van der Waals surface area contributed by atoms with E-state index in [0.717, 1.165) is 33.6 Å². The minimum atomic E-state index is -0.388. The van der Waals surface area contributed by atoms with Crippen molar-refractivity contribution in [3.8, 4) is 5.75 Å². The Morgan fingerprint density at radius 2 is 1.35 bits per heavy atom. The summed E-state index contributed by atoms with van der Waals surface area (Å²) in [5.41, 5.74) is 6.15. The summed E-state index contributed by atoms with van der Waals surface area (Å²) >= 11 is 0. The van der Waals surface area contributed by atoms with Gasteiger partial charge in [0.2, 0.25) is 0 Å². The Bertz CT molecular complexity index is 1430. The molecule has 0 heterocycles. The number of benzene rings is 4. The van der Waals surface area contributed by atoms with Crippen LogP contribution in [-0.4, -0.2) is 18.4 Å². The number of amides is 1. The highest BCUT2D eigenvalue weighted by Gasteiger charge is 2.14. The number of carbonyl (C=O) groups is 2. The zero-order valence-corrected chi connectivity index (χ0v) is 23.1. The van der Waals surface area contributed by atoms with Crippen molar-refractivity contribution < 1.29 is 19.1 Å². The molecule has 0 atom stereocenters. The fraction of sp³-hybridized carbons (Fsp3) is 0.200. The standard InChI is InChI=1S/C35H35NO4/c1-26-16-17-31(23-27(26)2)34(37)36-22-10-9-15-33(35(38)40-25-29-13-7-4-8-14-29)30-18-20-32(21-19-30)39-24-28-11-5-3-6-12-28/h3-8,11-21,23H,9-10,22,24-25H2,1-2H3,(H,36,37). The van der Waals surface area contributed by atoms with Gasteiger partial charge >= 0.3 is 5.97 Å². The highest BCUT2D eigenvalue weighted by Crippen LogP contribution is 2.22. The van der Waals surface area contributed by atoms with Gasteiger partial charge in [0.15, 0.2) is 0 Å². The number of nitrogens with one attached hydrogen (secondary N) is 1. The van der Waals surface area contributed by atoms with Gasteiger partial charge in [-0.3, -0.25) is 4.79 Å². The lowest BCUT2D eigenvalue weighted by Crippen LogP contribution is -2.24. The number of rotatable bonds is 12. The largest absolute Gasteiger partial charge is 0.489 e. The maximum Gasteiger partial charge on any atom is 0.338 e. The molecule has 5 nitrogen and oxygen atoms in total. The van der Waals surface area contributed by atoms with Gasteiger partial charge in [-0.25, -0.2) is 4.79 Å². The van der Waals surface area contributed by atoms with Gasteiger partial charge in [0.25, 0.3) is 5.91 Å². The Kier molecular flexibility index (Phi) is 10.3. The maximum atomic E-state index is 13.1. The number of unbranched alkanes of at least 4 members (excludes halogenated alkanes) is 1. The Morgan fingerprint density at radius 1 is 0.725 bits per heavy atom. The molecule has 0 radical (unpaired) electrons. The third-order valence-corrected chi connectivity index (χ3v) is 6.63. The molecule has 0 saturated carbocycles. The lowest BCUT2D eigenvalue weighted by atomic mass is 10.0. The second-order valence-electron chi connectivity index (χ2n) is 9.68. The second kappa shape index (κ2) is 14.5. The summed E-state index contributed by atoms with van der Waals surface area (Å²) in [5, 5.41) is 2.97. The summed E-state index contributed by atoms with van der Waals surface area (Å²) in [7, 11) is 0. The number of hydrogen-bond donors (Lipinski definition) is 1. The van der Waals surface area contributed by atoms with Gasteiger partial charge in [0.1, 0.15) is 19.0 Å². The first kappa shape index (κ1) is 28.4. The Morgan fingerprint density at radius 3 is 2.00 bits per heavy atom. The van der Waals surface area contributed by atoms with Gasteiger partial charge in [-0.15, -0.1) is 0 Å². The van der Waals surface area contributed by atoms with Crippen LogP contribution in [0.3, 0.4) is 0 Å². The zero-order chi connectivity index (χ0) is 28.2. The molecule has 4 aromatic rings. The summed E-state index contributed by atoms with van der Waals surface area (Å²) < 4.78 is 11.5. The molecular weight excluding hydrogens is 498 g/mol. The molecule has 0 aliphatic heterocycles. The van der Waals surface area contributed by atoms with Crippen molar-refractivity contribution >= 4 is 17.4 Å². The first-order valence-electron chi connectivity index (χ1n) is 13.5. The molecule has 5 heteroatoms. The van der Waals surface area contributed by atoms with Crippen LogP contribution in [0.15, 0.2) is 109 Å². The van der Waals surface area contributed by atoms with Crippen molar-refractivity contribution in [1.29, 1.82) is 0 Å². The van der Waals surface area contributed by atoms with Gasteiger partial charge in [-0.1, -0.05) is 84.9 Å². The normalized spacial score (nSPS) is 11.1. The molecule has 4 aromatic carbocycles. The van der Waals surface area contributed by atoms with E-state index in [-0.39, 0.29) is 18.5 Å². The lowest BCUT2D eigenvalue weighted by molar-refractivity contribution is -0.137. The van der Waals surface area contributed by atoms with Crippen molar-refractivity contribution in [2.75, 3.05) is 6.54 Å². The van der Waals surface area contributed by atoms with Crippen LogP contribution in [0.25, 0.3) is 5.57 Å². The molecule has 4 rings (SSSR count). The monoisotopic (exact) mass is 533 g/mol. The first-order chi connectivity index (χ1) is 19.5. The minimum Gasteiger partial charge on any atom is -0.489 e. The van der Waals surface area contributed by atoms with E-state index in [1.54, 1.807) is 0 Å². The van der Waals surface area contributed by atoms with Crippen molar-refractivity contribution in [2.24, 2.45) is 0 Å². The molecule has 0 fully saturated rings. The van der Waals surface area contributed by atoms with Gasteiger partial charge in [0.05, 0.1) is 5.57 Å². The smallest absolute Gasteiger partial charge is 0.338 e. The average Bonchev–Trinajstić information content (AvgIpc) is 2.99. The van der Waals surface area contributed by atoms with Gasteiger partial charge < -0.3 is 14.8 Å². The third kappa shape index (κ3) is 8.43. The van der Waals surface area contributed by atoms with E-state index in [1.807, 2.05) is 123 Å². The number of ether oxygens (including phenoxy) is 2. The van der Waals surface area contributed by atoms with E-state index in [1.165, 1.54) is 0 Å². The molecule has 0 aliphatic carbocycles. The molecule has 0 spiro atoms. The molecule has 0 unspecified atom stereocenters. The molecule has 0 saturated heterocycles. The highest BCUT2D eigenvalue weighted by molar-refractivity contribution is 6.16. The van der Waals surface area contributed by atoms with Crippen LogP contribution in [0.5, 0.6) is 5.75 Å². The van der Waals surface area contributed by atoms with Crippen LogP contribution in [0, 0.1) is 13.8 Å². The summed E-state index contributed by atoms with van der Waals surface area (Å²) in [4.78, 5) is 25.7. The van der Waals surface area contributed by atoms with E-state index in [0.29, 0.717) is 37.1 Å². The minimum absolute atomic E-state index is 0.0966. The van der Waals surface area contributed by atoms with Gasteiger partial charge in [0, 0.05) is 12.1 Å². The molecular formula is C35H35NO4. The highest BCUT2D eigenvalue weighted by atomic mass is 16.5. The van der Waals surface area contributed by atoms with Crippen LogP contribution in [0.1, 0.15) is 51.0 Å². The lowest BCUT2D eigenvalue weighted by Gasteiger charge is -2.11. The van der Waals surface area contributed by atoms with Gasteiger partial charge in [-0.05, 0) is 78.8 Å². The topological polar surface area (TPSA) is 64.6 Å². The quantitative estimate of drug-likeness (QED) is 0.119. The van der Waals surface area contributed by atoms with Crippen molar-refractivity contribution in [1.82, 2.24) is 5.32 Å². The van der Waals surface area contributed by atoms with E-state index in [4.69, 9.17) is 9.47 Å². The van der Waals surface area contributed by atoms with Crippen LogP contribution in [0.4, 0.5) is 0 Å². The van der Waals surface area contributed by atoms with E-state index in [2.05, 4.69) is 5.32 Å². The second-order valence-corrected chi connectivity index (χ2v) is 9.68. The molecule has 40 heavy (non-hydrogen) atoms. The Balaban J connectivity index is 1.38. The zero-order valence-electron chi connectivity index (χ0n) is 23.1. The predicted octanol–water partition coefficient (Wildman–Crippen LogP) is 7.22. The maximum absolute atomic E-state index is 13.1.